The Hall–Kier alpha value is -1.46. The van der Waals surface area contributed by atoms with Crippen LogP contribution in [-0.4, -0.2) is 29.1 Å². The predicted octanol–water partition coefficient (Wildman–Crippen LogP) is 3.13. The number of rotatable bonds is 7. The van der Waals surface area contributed by atoms with Crippen LogP contribution in [0.5, 0.6) is 5.75 Å². The lowest BCUT2D eigenvalue weighted by Gasteiger charge is -2.24. The number of hydrogen-bond donors (Lipinski definition) is 2. The maximum Gasteiger partial charge on any atom is 0.329 e. The van der Waals surface area contributed by atoms with Gasteiger partial charge < -0.3 is 15.2 Å². The fourth-order valence-corrected chi connectivity index (χ4v) is 1.78. The van der Waals surface area contributed by atoms with Crippen LogP contribution in [-0.2, 0) is 9.59 Å². The van der Waals surface area contributed by atoms with Crippen LogP contribution in [0.1, 0.15) is 26.7 Å². The van der Waals surface area contributed by atoms with Gasteiger partial charge in [0.05, 0.1) is 23.1 Å². The number of carboxylic acids is 1. The highest BCUT2D eigenvalue weighted by molar-refractivity contribution is 6.42. The van der Waals surface area contributed by atoms with Gasteiger partial charge in [-0.15, -0.1) is 0 Å². The van der Waals surface area contributed by atoms with Gasteiger partial charge in [-0.25, -0.2) is 4.79 Å². The van der Waals surface area contributed by atoms with Crippen molar-refractivity contribution in [3.05, 3.63) is 28.2 Å². The minimum absolute atomic E-state index is 0.0448. The van der Waals surface area contributed by atoms with Crippen LogP contribution in [0.15, 0.2) is 18.2 Å². The second-order valence-corrected chi connectivity index (χ2v) is 5.53. The van der Waals surface area contributed by atoms with Crippen molar-refractivity contribution in [2.45, 2.75) is 32.2 Å². The van der Waals surface area contributed by atoms with E-state index in [1.807, 2.05) is 0 Å². The largest absolute Gasteiger partial charge is 0.493 e. The number of benzene rings is 1. The predicted molar refractivity (Wildman–Crippen MR) is 81.0 cm³/mol. The van der Waals surface area contributed by atoms with Crippen LogP contribution >= 0.6 is 23.2 Å². The number of hydrogen-bond acceptors (Lipinski definition) is 3. The summed E-state index contributed by atoms with van der Waals surface area (Å²) in [6.07, 6.45) is 0.338. The van der Waals surface area contributed by atoms with Crippen LogP contribution in [0.3, 0.4) is 0 Å². The van der Waals surface area contributed by atoms with Crippen LogP contribution < -0.4 is 10.1 Å². The zero-order valence-corrected chi connectivity index (χ0v) is 13.3. The van der Waals surface area contributed by atoms with Crippen molar-refractivity contribution in [2.75, 3.05) is 6.61 Å². The van der Waals surface area contributed by atoms with E-state index >= 15 is 0 Å². The number of nitrogens with one attached hydrogen (secondary N) is 1. The summed E-state index contributed by atoms with van der Waals surface area (Å²) in [4.78, 5) is 22.8. The number of aliphatic carboxylic acids is 1. The maximum atomic E-state index is 11.7. The summed E-state index contributed by atoms with van der Waals surface area (Å²) >= 11 is 11.6. The summed E-state index contributed by atoms with van der Waals surface area (Å²) in [5.74, 6) is -0.959. The fourth-order valence-electron chi connectivity index (χ4n) is 1.49. The van der Waals surface area contributed by atoms with Crippen molar-refractivity contribution in [1.82, 2.24) is 5.32 Å². The molecule has 0 heterocycles. The van der Waals surface area contributed by atoms with E-state index in [0.29, 0.717) is 22.2 Å². The zero-order chi connectivity index (χ0) is 16.0. The molecule has 1 atom stereocenters. The van der Waals surface area contributed by atoms with Gasteiger partial charge in [-0.3, -0.25) is 4.79 Å². The smallest absolute Gasteiger partial charge is 0.329 e. The number of amides is 1. The summed E-state index contributed by atoms with van der Waals surface area (Å²) in [6, 6.07) is 4.78. The summed E-state index contributed by atoms with van der Waals surface area (Å²) < 4.78 is 5.37. The van der Waals surface area contributed by atoms with Gasteiger partial charge in [-0.1, -0.05) is 30.1 Å². The van der Waals surface area contributed by atoms with E-state index in [-0.39, 0.29) is 18.9 Å². The summed E-state index contributed by atoms with van der Waals surface area (Å²) in [7, 11) is 0. The van der Waals surface area contributed by atoms with Gasteiger partial charge in [-0.05, 0) is 25.5 Å². The fraction of sp³-hybridized carbons (Fsp3) is 0.429. The Bertz CT molecular complexity index is 536. The van der Waals surface area contributed by atoms with Crippen molar-refractivity contribution in [3.8, 4) is 5.75 Å². The monoisotopic (exact) mass is 333 g/mol. The van der Waals surface area contributed by atoms with Crippen LogP contribution in [0.25, 0.3) is 0 Å². The van der Waals surface area contributed by atoms with E-state index in [1.165, 1.54) is 6.92 Å². The molecule has 0 fully saturated rings. The molecule has 0 aromatic heterocycles. The zero-order valence-electron chi connectivity index (χ0n) is 11.8. The highest BCUT2D eigenvalue weighted by Gasteiger charge is 2.32. The van der Waals surface area contributed by atoms with Crippen molar-refractivity contribution < 1.29 is 19.4 Å². The highest BCUT2D eigenvalue weighted by Crippen LogP contribution is 2.26. The molecule has 0 radical (unpaired) electrons. The average molecular weight is 334 g/mol. The first-order valence-corrected chi connectivity index (χ1v) is 7.16. The summed E-state index contributed by atoms with van der Waals surface area (Å²) in [6.45, 7) is 3.27. The summed E-state index contributed by atoms with van der Waals surface area (Å²) in [5, 5.41) is 12.3. The quantitative estimate of drug-likeness (QED) is 0.803. The first kappa shape index (κ1) is 17.6. The molecule has 1 amide bonds. The normalized spacial score (nSPS) is 13.3. The molecule has 1 aromatic carbocycles. The van der Waals surface area contributed by atoms with E-state index in [0.717, 1.165) is 0 Å². The van der Waals surface area contributed by atoms with Crippen molar-refractivity contribution in [3.63, 3.8) is 0 Å². The topological polar surface area (TPSA) is 75.6 Å². The third kappa shape index (κ3) is 5.10. The number of carboxylic acid groups (broad SMARTS) is 1. The van der Waals surface area contributed by atoms with Gasteiger partial charge in [0.2, 0.25) is 5.91 Å². The van der Waals surface area contributed by atoms with E-state index in [1.54, 1.807) is 25.1 Å². The molecular weight excluding hydrogens is 317 g/mol. The lowest BCUT2D eigenvalue weighted by molar-refractivity contribution is -0.147. The van der Waals surface area contributed by atoms with Crippen LogP contribution in [0.4, 0.5) is 0 Å². The van der Waals surface area contributed by atoms with Crippen LogP contribution in [0.2, 0.25) is 10.0 Å². The molecule has 1 aromatic rings. The van der Waals surface area contributed by atoms with E-state index in [2.05, 4.69) is 5.32 Å². The second-order valence-electron chi connectivity index (χ2n) is 4.71. The summed E-state index contributed by atoms with van der Waals surface area (Å²) in [5.41, 5.74) is -1.26. The maximum absolute atomic E-state index is 11.7. The lowest BCUT2D eigenvalue weighted by atomic mass is 9.99. The number of carbonyl (C=O) groups excluding carboxylic acids is 1. The molecule has 0 saturated carbocycles. The number of carbonyl (C=O) groups is 2. The van der Waals surface area contributed by atoms with Gasteiger partial charge in [0.25, 0.3) is 0 Å². The van der Waals surface area contributed by atoms with E-state index in [4.69, 9.17) is 33.0 Å². The first-order valence-electron chi connectivity index (χ1n) is 6.40. The molecule has 21 heavy (non-hydrogen) atoms. The molecule has 7 heteroatoms. The van der Waals surface area contributed by atoms with Crippen LogP contribution in [0, 0.1) is 0 Å². The Morgan fingerprint density at radius 2 is 2.00 bits per heavy atom. The Balaban J connectivity index is 2.46. The molecule has 0 aliphatic carbocycles. The molecule has 1 unspecified atom stereocenters. The molecule has 0 bridgehead atoms. The van der Waals surface area contributed by atoms with Gasteiger partial charge in [0.15, 0.2) is 0 Å². The molecule has 116 valence electrons. The third-order valence-corrected chi connectivity index (χ3v) is 3.82. The van der Waals surface area contributed by atoms with Gasteiger partial charge in [0.1, 0.15) is 11.3 Å². The van der Waals surface area contributed by atoms with Crippen molar-refractivity contribution in [2.24, 2.45) is 0 Å². The lowest BCUT2D eigenvalue weighted by Crippen LogP contribution is -2.51. The molecule has 0 aliphatic heterocycles. The Labute approximate surface area is 133 Å². The number of ether oxygens (including phenoxy) is 1. The number of halogens is 2. The Morgan fingerprint density at radius 1 is 1.33 bits per heavy atom. The molecule has 0 saturated heterocycles. The molecule has 0 aliphatic rings. The average Bonchev–Trinajstić information content (AvgIpc) is 2.42. The minimum atomic E-state index is -1.26. The van der Waals surface area contributed by atoms with Crippen molar-refractivity contribution in [1.29, 1.82) is 0 Å². The van der Waals surface area contributed by atoms with E-state index in [9.17, 15) is 9.59 Å². The third-order valence-electron chi connectivity index (χ3n) is 3.08. The molecule has 2 N–H and O–H groups in total. The molecule has 0 spiro atoms. The van der Waals surface area contributed by atoms with Gasteiger partial charge >= 0.3 is 5.97 Å². The minimum Gasteiger partial charge on any atom is -0.493 e. The highest BCUT2D eigenvalue weighted by atomic mass is 35.5. The van der Waals surface area contributed by atoms with E-state index < -0.39 is 11.5 Å². The molecule has 5 nitrogen and oxygen atoms in total. The van der Waals surface area contributed by atoms with Crippen molar-refractivity contribution >= 4 is 35.1 Å². The Kier molecular flexibility index (Phi) is 6.30. The first-order chi connectivity index (χ1) is 9.78. The Morgan fingerprint density at radius 3 is 2.52 bits per heavy atom. The van der Waals surface area contributed by atoms with Gasteiger partial charge in [-0.2, -0.15) is 0 Å². The molecule has 1 rings (SSSR count). The second kappa shape index (κ2) is 7.52. The standard InChI is InChI=1S/C14H17Cl2NO4/c1-3-14(2,13(19)20)17-12(18)6-7-21-9-4-5-10(15)11(16)8-9/h4-5,8H,3,6-7H2,1-2H3,(H,17,18)(H,19,20). The SMILES string of the molecule is CCC(C)(NC(=O)CCOc1ccc(Cl)c(Cl)c1)C(=O)O. The van der Waals surface area contributed by atoms with Gasteiger partial charge in [0, 0.05) is 6.07 Å². The molecular formula is C14H17Cl2NO4.